The van der Waals surface area contributed by atoms with Crippen molar-refractivity contribution in [1.82, 2.24) is 9.47 Å². The molecule has 2 unspecified atom stereocenters. The molecule has 1 aromatic rings. The first kappa shape index (κ1) is 14.8. The fraction of sp³-hybridized carbons (Fsp3) is 0.615. The molecule has 6 nitrogen and oxygen atoms in total. The molecular weight excluding hydrogens is 280 g/mol. The summed E-state index contributed by atoms with van der Waals surface area (Å²) in [6.07, 6.45) is 1.27. The number of carbonyl (C=O) groups excluding carboxylic acids is 1. The molecule has 2 atom stereocenters. The minimum atomic E-state index is -0.973. The molecule has 0 bridgehead atoms. The third-order valence-electron chi connectivity index (χ3n) is 3.74. The fourth-order valence-corrected chi connectivity index (χ4v) is 3.23. The highest BCUT2D eigenvalue weighted by Gasteiger charge is 2.34. The second-order valence-corrected chi connectivity index (χ2v) is 6.12. The quantitative estimate of drug-likeness (QED) is 0.900. The molecule has 1 fully saturated rings. The average molecular weight is 298 g/mol. The number of hydrogen-bond donors (Lipinski definition) is 1. The van der Waals surface area contributed by atoms with Gasteiger partial charge in [0, 0.05) is 17.6 Å². The Morgan fingerprint density at radius 1 is 1.50 bits per heavy atom. The van der Waals surface area contributed by atoms with Gasteiger partial charge in [-0.1, -0.05) is 18.3 Å². The molecule has 1 aromatic heterocycles. The molecular formula is C13H18N2O4S. The highest BCUT2D eigenvalue weighted by Crippen LogP contribution is 2.23. The van der Waals surface area contributed by atoms with E-state index in [-0.39, 0.29) is 17.3 Å². The van der Waals surface area contributed by atoms with Gasteiger partial charge in [-0.05, 0) is 25.7 Å². The Morgan fingerprint density at radius 3 is 2.75 bits per heavy atom. The van der Waals surface area contributed by atoms with Gasteiger partial charge >= 0.3 is 10.8 Å². The van der Waals surface area contributed by atoms with Crippen molar-refractivity contribution in [1.29, 1.82) is 0 Å². The van der Waals surface area contributed by atoms with Crippen molar-refractivity contribution in [3.05, 3.63) is 20.7 Å². The Morgan fingerprint density at radius 2 is 2.20 bits per heavy atom. The molecule has 0 saturated carbocycles. The lowest BCUT2D eigenvalue weighted by Crippen LogP contribution is -2.51. The third-order valence-corrected chi connectivity index (χ3v) is 4.62. The minimum absolute atomic E-state index is 0.0771. The van der Waals surface area contributed by atoms with Gasteiger partial charge < -0.3 is 10.0 Å². The van der Waals surface area contributed by atoms with E-state index in [1.165, 1.54) is 9.47 Å². The topological polar surface area (TPSA) is 79.6 Å². The number of aliphatic carboxylic acids is 1. The summed E-state index contributed by atoms with van der Waals surface area (Å²) in [6, 6.07) is -0.777. The van der Waals surface area contributed by atoms with Crippen LogP contribution in [-0.2, 0) is 16.1 Å². The lowest BCUT2D eigenvalue weighted by Gasteiger charge is -2.36. The van der Waals surface area contributed by atoms with Gasteiger partial charge in [0.05, 0.1) is 0 Å². The monoisotopic (exact) mass is 298 g/mol. The van der Waals surface area contributed by atoms with E-state index in [0.717, 1.165) is 23.5 Å². The first-order chi connectivity index (χ1) is 9.40. The number of amides is 1. The normalized spacial score (nSPS) is 22.8. The van der Waals surface area contributed by atoms with Gasteiger partial charge in [0.15, 0.2) is 0 Å². The highest BCUT2D eigenvalue weighted by molar-refractivity contribution is 7.07. The van der Waals surface area contributed by atoms with Crippen molar-refractivity contribution in [2.24, 2.45) is 5.92 Å². The molecule has 0 aromatic carbocycles. The van der Waals surface area contributed by atoms with E-state index in [9.17, 15) is 19.5 Å². The predicted octanol–water partition coefficient (Wildman–Crippen LogP) is 0.930. The zero-order valence-electron chi connectivity index (χ0n) is 11.5. The summed E-state index contributed by atoms with van der Waals surface area (Å²) in [5.41, 5.74) is 0.727. The number of carboxylic acid groups (broad SMARTS) is 1. The van der Waals surface area contributed by atoms with Crippen LogP contribution in [0.2, 0.25) is 0 Å². The number of likely N-dealkylation sites (tertiary alicyclic amines) is 1. The van der Waals surface area contributed by atoms with E-state index in [2.05, 4.69) is 0 Å². The van der Waals surface area contributed by atoms with Gasteiger partial charge in [0.1, 0.15) is 12.6 Å². The fourth-order valence-electron chi connectivity index (χ4n) is 2.50. The van der Waals surface area contributed by atoms with Gasteiger partial charge in [-0.2, -0.15) is 0 Å². The van der Waals surface area contributed by atoms with Gasteiger partial charge in [-0.15, -0.1) is 0 Å². The van der Waals surface area contributed by atoms with Crippen LogP contribution in [0.3, 0.4) is 0 Å². The first-order valence-electron chi connectivity index (χ1n) is 6.57. The second kappa shape index (κ2) is 5.78. The van der Waals surface area contributed by atoms with E-state index in [1.807, 2.05) is 6.92 Å². The van der Waals surface area contributed by atoms with Crippen molar-refractivity contribution in [3.63, 3.8) is 0 Å². The maximum Gasteiger partial charge on any atom is 0.326 e. The lowest BCUT2D eigenvalue weighted by atomic mass is 9.92. The average Bonchev–Trinajstić information content (AvgIpc) is 2.70. The maximum absolute atomic E-state index is 12.3. The Balaban J connectivity index is 2.15. The molecule has 2 heterocycles. The van der Waals surface area contributed by atoms with Crippen molar-refractivity contribution >= 4 is 23.2 Å². The zero-order valence-corrected chi connectivity index (χ0v) is 12.4. The van der Waals surface area contributed by atoms with Crippen LogP contribution in [0.5, 0.6) is 0 Å². The maximum atomic E-state index is 12.3. The molecule has 0 spiro atoms. The summed E-state index contributed by atoms with van der Waals surface area (Å²) in [7, 11) is 0. The summed E-state index contributed by atoms with van der Waals surface area (Å²) >= 11 is 1.05. The van der Waals surface area contributed by atoms with Crippen LogP contribution in [0, 0.1) is 12.8 Å². The Kier molecular flexibility index (Phi) is 4.27. The van der Waals surface area contributed by atoms with Crippen molar-refractivity contribution in [2.45, 2.75) is 39.3 Å². The number of carboxylic acids is 1. The molecule has 1 N–H and O–H groups in total. The van der Waals surface area contributed by atoms with Gasteiger partial charge in [-0.25, -0.2) is 4.79 Å². The number of aromatic nitrogens is 1. The minimum Gasteiger partial charge on any atom is -0.480 e. The van der Waals surface area contributed by atoms with Crippen LogP contribution in [0.15, 0.2) is 10.2 Å². The van der Waals surface area contributed by atoms with E-state index >= 15 is 0 Å². The Hall–Kier alpha value is -1.63. The van der Waals surface area contributed by atoms with Crippen LogP contribution in [-0.4, -0.2) is 39.0 Å². The van der Waals surface area contributed by atoms with E-state index < -0.39 is 12.0 Å². The number of piperidine rings is 1. The van der Waals surface area contributed by atoms with Crippen LogP contribution >= 0.6 is 11.3 Å². The van der Waals surface area contributed by atoms with Crippen molar-refractivity contribution in [3.8, 4) is 0 Å². The van der Waals surface area contributed by atoms with Gasteiger partial charge in [0.2, 0.25) is 5.91 Å². The van der Waals surface area contributed by atoms with Crippen LogP contribution in [0.1, 0.15) is 25.5 Å². The molecule has 1 aliphatic heterocycles. The number of hydrogen-bond acceptors (Lipinski definition) is 4. The van der Waals surface area contributed by atoms with E-state index in [0.29, 0.717) is 18.9 Å². The van der Waals surface area contributed by atoms with Crippen LogP contribution < -0.4 is 4.87 Å². The molecule has 1 amide bonds. The summed E-state index contributed by atoms with van der Waals surface area (Å²) in [6.45, 7) is 4.12. The lowest BCUT2D eigenvalue weighted by molar-refractivity contribution is -0.153. The standard InChI is InChI=1S/C13H18N2O4S/c1-8-3-4-14(10(5-8)12(17)18)11(16)6-15-9(2)7-20-13(15)19/h7-8,10H,3-6H2,1-2H3,(H,17,18). The molecule has 2 rings (SSSR count). The molecule has 0 radical (unpaired) electrons. The van der Waals surface area contributed by atoms with E-state index in [1.54, 1.807) is 12.3 Å². The first-order valence-corrected chi connectivity index (χ1v) is 7.45. The van der Waals surface area contributed by atoms with Crippen LogP contribution in [0.4, 0.5) is 0 Å². The number of aryl methyl sites for hydroxylation is 1. The third kappa shape index (κ3) is 2.92. The van der Waals surface area contributed by atoms with Gasteiger partial charge in [0.25, 0.3) is 0 Å². The molecule has 0 aliphatic carbocycles. The zero-order chi connectivity index (χ0) is 14.9. The Bertz CT molecular complexity index is 577. The molecule has 1 aliphatic rings. The largest absolute Gasteiger partial charge is 0.480 e. The second-order valence-electron chi connectivity index (χ2n) is 5.30. The number of rotatable bonds is 3. The SMILES string of the molecule is Cc1csc(=O)n1CC(=O)N1CCC(C)CC1C(=O)O. The predicted molar refractivity (Wildman–Crippen MR) is 74.9 cm³/mol. The number of nitrogens with zero attached hydrogens (tertiary/aromatic N) is 2. The number of carbonyl (C=O) groups is 2. The van der Waals surface area contributed by atoms with Crippen LogP contribution in [0.25, 0.3) is 0 Å². The van der Waals surface area contributed by atoms with E-state index in [4.69, 9.17) is 0 Å². The highest BCUT2D eigenvalue weighted by atomic mass is 32.1. The molecule has 1 saturated heterocycles. The molecule has 7 heteroatoms. The summed E-state index contributed by atoms with van der Waals surface area (Å²) < 4.78 is 1.39. The van der Waals surface area contributed by atoms with Crippen molar-refractivity contribution < 1.29 is 14.7 Å². The van der Waals surface area contributed by atoms with Crippen molar-refractivity contribution in [2.75, 3.05) is 6.54 Å². The number of thiazole rings is 1. The summed E-state index contributed by atoms with van der Waals surface area (Å²) in [5.74, 6) is -0.974. The summed E-state index contributed by atoms with van der Waals surface area (Å²) in [4.78, 5) is 36.4. The Labute approximate surface area is 120 Å². The summed E-state index contributed by atoms with van der Waals surface area (Å²) in [5, 5.41) is 10.9. The smallest absolute Gasteiger partial charge is 0.326 e. The molecule has 110 valence electrons. The molecule has 20 heavy (non-hydrogen) atoms. The van der Waals surface area contributed by atoms with Gasteiger partial charge in [-0.3, -0.25) is 14.2 Å².